The predicted octanol–water partition coefficient (Wildman–Crippen LogP) is -0.714. The first-order chi connectivity index (χ1) is 16.3. The molecule has 0 atom stereocenters. The highest BCUT2D eigenvalue weighted by molar-refractivity contribution is 7.87. The highest BCUT2D eigenvalue weighted by Crippen LogP contribution is 2.32. The van der Waals surface area contributed by atoms with Gasteiger partial charge in [0.05, 0.1) is 13.2 Å². The third-order valence-corrected chi connectivity index (χ3v) is 8.54. The first-order valence-corrected chi connectivity index (χ1v) is 13.3. The summed E-state index contributed by atoms with van der Waals surface area (Å²) in [6.07, 6.45) is 3.61. The van der Waals surface area contributed by atoms with Crippen LogP contribution < -0.4 is 0 Å². The fourth-order valence-electron chi connectivity index (χ4n) is 3.18. The van der Waals surface area contributed by atoms with Crippen LogP contribution in [0.3, 0.4) is 0 Å². The Morgan fingerprint density at radius 2 is 1.14 bits per heavy atom. The van der Waals surface area contributed by atoms with E-state index in [2.05, 4.69) is 9.97 Å². The molecule has 0 aliphatic rings. The Bertz CT molecular complexity index is 1170. The van der Waals surface area contributed by atoms with Crippen LogP contribution in [-0.2, 0) is 52.3 Å². The van der Waals surface area contributed by atoms with Gasteiger partial charge in [0.15, 0.2) is 5.41 Å². The second-order valence-corrected chi connectivity index (χ2v) is 11.8. The van der Waals surface area contributed by atoms with Crippen molar-refractivity contribution in [1.82, 2.24) is 26.5 Å². The van der Waals surface area contributed by atoms with Crippen LogP contribution in [0.15, 0.2) is 24.8 Å². The lowest BCUT2D eigenvalue weighted by atomic mass is 9.80. The van der Waals surface area contributed by atoms with Gasteiger partial charge in [-0.2, -0.15) is 25.4 Å². The quantitative estimate of drug-likeness (QED) is 0.251. The molecule has 2 aromatic rings. The maximum Gasteiger partial charge on any atom is 0.324 e. The number of esters is 2. The molecule has 0 spiro atoms. The van der Waals surface area contributed by atoms with E-state index >= 15 is 0 Å². The highest BCUT2D eigenvalue weighted by atomic mass is 32.2. The average molecular weight is 535 g/mol. The Morgan fingerprint density at radius 3 is 1.43 bits per heavy atom. The largest absolute Gasteiger partial charge is 0.465 e. The van der Waals surface area contributed by atoms with Crippen LogP contribution in [0.2, 0.25) is 0 Å². The number of aromatic nitrogens is 4. The first-order valence-electron chi connectivity index (χ1n) is 10.5. The smallest absolute Gasteiger partial charge is 0.324 e. The number of ether oxygens (including phenoxy) is 2. The van der Waals surface area contributed by atoms with Gasteiger partial charge in [-0.15, -0.1) is 0 Å². The van der Waals surface area contributed by atoms with E-state index < -0.39 is 50.6 Å². The minimum Gasteiger partial charge on any atom is -0.465 e. The van der Waals surface area contributed by atoms with Gasteiger partial charge in [0, 0.05) is 65.8 Å². The summed E-state index contributed by atoms with van der Waals surface area (Å²) in [5, 5.41) is 0. The van der Waals surface area contributed by atoms with Crippen LogP contribution in [0.1, 0.15) is 25.5 Å². The summed E-state index contributed by atoms with van der Waals surface area (Å²) in [6.45, 7) is 2.86. The summed E-state index contributed by atoms with van der Waals surface area (Å²) >= 11 is 0. The average Bonchev–Trinajstić information content (AvgIpc) is 3.43. The van der Waals surface area contributed by atoms with Gasteiger partial charge < -0.3 is 9.47 Å². The highest BCUT2D eigenvalue weighted by Gasteiger charge is 2.52. The van der Waals surface area contributed by atoms with Gasteiger partial charge in [0.2, 0.25) is 0 Å². The van der Waals surface area contributed by atoms with E-state index in [4.69, 9.17) is 9.47 Å². The first kappa shape index (κ1) is 28.4. The Labute approximate surface area is 204 Å². The van der Waals surface area contributed by atoms with Crippen molar-refractivity contribution in [3.05, 3.63) is 36.4 Å². The molecular weight excluding hydrogens is 504 g/mol. The van der Waals surface area contributed by atoms with Crippen LogP contribution in [0.5, 0.6) is 0 Å². The van der Waals surface area contributed by atoms with Crippen molar-refractivity contribution in [1.29, 1.82) is 0 Å². The van der Waals surface area contributed by atoms with Gasteiger partial charge >= 0.3 is 32.4 Å². The second kappa shape index (κ2) is 10.8. The van der Waals surface area contributed by atoms with Crippen LogP contribution in [-0.4, -0.2) is 96.7 Å². The molecule has 0 saturated heterocycles. The topological polar surface area (TPSA) is 163 Å². The number of carbonyl (C=O) groups excluding carboxylic acids is 2. The Balaban J connectivity index is 2.75. The zero-order valence-corrected chi connectivity index (χ0v) is 22.0. The van der Waals surface area contributed by atoms with Crippen LogP contribution in [0.25, 0.3) is 0 Å². The number of rotatable bonds is 12. The molecule has 196 valence electrons. The molecule has 35 heavy (non-hydrogen) atoms. The van der Waals surface area contributed by atoms with E-state index in [0.717, 1.165) is 16.6 Å². The van der Waals surface area contributed by atoms with Crippen molar-refractivity contribution in [2.24, 2.45) is 5.41 Å². The van der Waals surface area contributed by atoms with Crippen LogP contribution in [0.4, 0.5) is 0 Å². The van der Waals surface area contributed by atoms with Crippen LogP contribution >= 0.6 is 0 Å². The third-order valence-electron chi connectivity index (χ3n) is 5.03. The molecule has 0 unspecified atom stereocenters. The lowest BCUT2D eigenvalue weighted by Crippen LogP contribution is -2.47. The zero-order chi connectivity index (χ0) is 26.6. The minimum atomic E-state index is -4.06. The molecule has 2 heterocycles. The van der Waals surface area contributed by atoms with Gasteiger partial charge in [-0.25, -0.2) is 17.9 Å². The molecule has 0 saturated carbocycles. The fraction of sp³-hybridized carbons (Fsp3) is 0.579. The van der Waals surface area contributed by atoms with Crippen molar-refractivity contribution in [3.8, 4) is 0 Å². The molecule has 0 aromatic carbocycles. The van der Waals surface area contributed by atoms with Crippen molar-refractivity contribution in [2.45, 2.75) is 26.7 Å². The summed E-state index contributed by atoms with van der Waals surface area (Å²) in [5.74, 6) is -2.39. The van der Waals surface area contributed by atoms with Crippen molar-refractivity contribution < 1.29 is 35.9 Å². The minimum absolute atomic E-state index is 0.102. The summed E-state index contributed by atoms with van der Waals surface area (Å²) in [4.78, 5) is 34.7. The number of hydrogen-bond acceptors (Lipinski definition) is 10. The van der Waals surface area contributed by atoms with Crippen LogP contribution in [0, 0.1) is 5.41 Å². The molecule has 0 amide bonds. The SMILES string of the molecule is CCOC(=O)C(Cc1nccn1S(=O)(=O)N(C)C)(Cc1nccn1S(=O)(=O)N(C)C)C(=O)OCC. The number of hydrogen-bond donors (Lipinski definition) is 0. The molecule has 0 aliphatic heterocycles. The Morgan fingerprint density at radius 1 is 0.800 bits per heavy atom. The molecule has 0 radical (unpaired) electrons. The van der Waals surface area contributed by atoms with Gasteiger partial charge in [-0.1, -0.05) is 0 Å². The summed E-state index contributed by atoms with van der Waals surface area (Å²) in [5.41, 5.74) is -2.19. The summed E-state index contributed by atoms with van der Waals surface area (Å²) in [7, 11) is -2.87. The molecule has 16 heteroatoms. The molecule has 14 nitrogen and oxygen atoms in total. The number of carbonyl (C=O) groups is 2. The zero-order valence-electron chi connectivity index (χ0n) is 20.4. The summed E-state index contributed by atoms with van der Waals surface area (Å²) in [6, 6.07) is 0. The fourth-order valence-corrected chi connectivity index (χ4v) is 5.05. The van der Waals surface area contributed by atoms with E-state index in [9.17, 15) is 26.4 Å². The van der Waals surface area contributed by atoms with E-state index in [-0.39, 0.29) is 24.9 Å². The van der Waals surface area contributed by atoms with Gasteiger partial charge in [0.25, 0.3) is 0 Å². The van der Waals surface area contributed by atoms with Gasteiger partial charge in [-0.05, 0) is 13.8 Å². The Hall–Kier alpha value is -2.82. The Kier molecular flexibility index (Phi) is 8.80. The molecule has 0 bridgehead atoms. The van der Waals surface area contributed by atoms with Crippen molar-refractivity contribution in [3.63, 3.8) is 0 Å². The lowest BCUT2D eigenvalue weighted by Gasteiger charge is -2.29. The molecule has 2 aromatic heterocycles. The van der Waals surface area contributed by atoms with Crippen molar-refractivity contribution in [2.75, 3.05) is 41.4 Å². The normalized spacial score (nSPS) is 12.8. The van der Waals surface area contributed by atoms with E-state index in [1.807, 2.05) is 0 Å². The molecule has 0 fully saturated rings. The maximum absolute atomic E-state index is 13.3. The molecule has 0 aliphatic carbocycles. The van der Waals surface area contributed by atoms with E-state index in [1.165, 1.54) is 66.8 Å². The lowest BCUT2D eigenvalue weighted by molar-refractivity contribution is -0.172. The molecule has 2 rings (SSSR count). The molecular formula is C19H30N6O8S2. The maximum atomic E-state index is 13.3. The predicted molar refractivity (Wildman–Crippen MR) is 124 cm³/mol. The van der Waals surface area contributed by atoms with Gasteiger partial charge in [0.1, 0.15) is 11.6 Å². The second-order valence-electron chi connectivity index (χ2n) is 7.74. The standard InChI is InChI=1S/C19H30N6O8S2/c1-7-32-17(26)19(18(27)33-8-2,13-15-20-9-11-24(15)34(28,29)22(3)4)14-16-21-10-12-25(16)35(30,31)23(5)6/h9-12H,7-8,13-14H2,1-6H3. The summed E-state index contributed by atoms with van der Waals surface area (Å²) < 4.78 is 65.0. The van der Waals surface area contributed by atoms with Crippen molar-refractivity contribution >= 4 is 32.4 Å². The number of imidazole rings is 2. The van der Waals surface area contributed by atoms with E-state index in [1.54, 1.807) is 0 Å². The monoisotopic (exact) mass is 534 g/mol. The third kappa shape index (κ3) is 5.55. The van der Waals surface area contributed by atoms with E-state index in [0.29, 0.717) is 0 Å². The number of nitrogens with zero attached hydrogens (tertiary/aromatic N) is 6. The van der Waals surface area contributed by atoms with Gasteiger partial charge in [-0.3, -0.25) is 9.59 Å². The molecule has 0 N–H and O–H groups in total.